The molecule has 0 aliphatic rings. The first-order valence-corrected chi connectivity index (χ1v) is 9.44. The molecule has 0 spiro atoms. The summed E-state index contributed by atoms with van der Waals surface area (Å²) >= 11 is 0. The first-order valence-electron chi connectivity index (χ1n) is 9.44. The number of amides is 1. The van der Waals surface area contributed by atoms with Gasteiger partial charge in [-0.05, 0) is 44.5 Å². The molecule has 3 rings (SSSR count). The second kappa shape index (κ2) is 9.19. The molecule has 0 radical (unpaired) electrons. The number of carbonyl (C=O) groups excluding carboxylic acids is 2. The third-order valence-electron chi connectivity index (χ3n) is 4.41. The molecule has 3 aromatic rings. The molecule has 0 bridgehead atoms. The van der Waals surface area contributed by atoms with E-state index in [9.17, 15) is 9.59 Å². The number of ether oxygens (including phenoxy) is 2. The zero-order valence-electron chi connectivity index (χ0n) is 16.8. The van der Waals surface area contributed by atoms with Crippen molar-refractivity contribution in [1.82, 2.24) is 10.3 Å². The first-order chi connectivity index (χ1) is 13.9. The van der Waals surface area contributed by atoms with Gasteiger partial charge in [0.1, 0.15) is 12.4 Å². The van der Waals surface area contributed by atoms with Gasteiger partial charge >= 0.3 is 5.97 Å². The molecule has 0 saturated carbocycles. The number of pyridine rings is 1. The van der Waals surface area contributed by atoms with Gasteiger partial charge in [-0.15, -0.1) is 0 Å². The Kier molecular flexibility index (Phi) is 6.44. The Bertz CT molecular complexity index is 1050. The van der Waals surface area contributed by atoms with E-state index in [-0.39, 0.29) is 12.5 Å². The Hall–Kier alpha value is -3.41. The van der Waals surface area contributed by atoms with Crippen LogP contribution in [0.1, 0.15) is 27.2 Å². The molecule has 0 saturated heterocycles. The molecule has 6 nitrogen and oxygen atoms in total. The molecule has 1 aromatic heterocycles. The van der Waals surface area contributed by atoms with Gasteiger partial charge in [0.2, 0.25) is 0 Å². The van der Waals surface area contributed by atoms with Crippen LogP contribution in [0.5, 0.6) is 5.75 Å². The summed E-state index contributed by atoms with van der Waals surface area (Å²) in [7, 11) is 0. The third kappa shape index (κ3) is 5.31. The second-order valence-electron chi connectivity index (χ2n) is 6.87. The molecule has 1 N–H and O–H groups in total. The van der Waals surface area contributed by atoms with Crippen LogP contribution in [0, 0.1) is 20.8 Å². The molecule has 0 aliphatic heterocycles. The number of rotatable bonds is 7. The van der Waals surface area contributed by atoms with Crippen molar-refractivity contribution in [2.45, 2.75) is 20.8 Å². The number of hydrogen-bond acceptors (Lipinski definition) is 5. The van der Waals surface area contributed by atoms with Crippen molar-refractivity contribution in [3.05, 3.63) is 70.9 Å². The van der Waals surface area contributed by atoms with E-state index in [0.29, 0.717) is 35.3 Å². The van der Waals surface area contributed by atoms with E-state index >= 15 is 0 Å². The number of carbonyl (C=O) groups is 2. The quantitative estimate of drug-likeness (QED) is 0.492. The summed E-state index contributed by atoms with van der Waals surface area (Å²) in [6, 6.07) is 14.9. The van der Waals surface area contributed by atoms with Gasteiger partial charge in [0, 0.05) is 11.1 Å². The number of nitrogens with one attached hydrogen (secondary N) is 1. The first kappa shape index (κ1) is 20.3. The summed E-state index contributed by atoms with van der Waals surface area (Å²) in [5.41, 5.74) is 4.04. The Labute approximate surface area is 169 Å². The van der Waals surface area contributed by atoms with Gasteiger partial charge in [-0.3, -0.25) is 9.78 Å². The van der Waals surface area contributed by atoms with Crippen LogP contribution in [-0.4, -0.2) is 36.6 Å². The van der Waals surface area contributed by atoms with Crippen LogP contribution >= 0.6 is 0 Å². The molecule has 2 aromatic carbocycles. The lowest BCUT2D eigenvalue weighted by Gasteiger charge is -2.11. The number of benzene rings is 2. The third-order valence-corrected chi connectivity index (χ3v) is 4.41. The highest BCUT2D eigenvalue weighted by Gasteiger charge is 2.14. The number of para-hydroxylation sites is 1. The van der Waals surface area contributed by atoms with Crippen molar-refractivity contribution >= 4 is 22.8 Å². The van der Waals surface area contributed by atoms with Gasteiger partial charge in [-0.1, -0.05) is 35.9 Å². The van der Waals surface area contributed by atoms with Crippen LogP contribution in [0.3, 0.4) is 0 Å². The predicted octanol–water partition coefficient (Wildman–Crippen LogP) is 3.51. The number of aryl methyl sites for hydroxylation is 3. The molecule has 6 heteroatoms. The highest BCUT2D eigenvalue weighted by atomic mass is 16.5. The fraction of sp³-hybridized carbons (Fsp3) is 0.261. The van der Waals surface area contributed by atoms with Crippen LogP contribution in [0.4, 0.5) is 0 Å². The highest BCUT2D eigenvalue weighted by molar-refractivity contribution is 6.04. The Balaban J connectivity index is 1.48. The number of fused-ring (bicyclic) bond motifs is 1. The molecule has 0 aliphatic carbocycles. The zero-order chi connectivity index (χ0) is 20.8. The lowest BCUT2D eigenvalue weighted by Crippen LogP contribution is -2.32. The van der Waals surface area contributed by atoms with Gasteiger partial charge in [0.05, 0.1) is 17.6 Å². The number of esters is 1. The SMILES string of the molecule is Cc1ccc(OCCNC(=O)COC(=O)c2cc(C)nc3ccccc23)c(C)c1. The topological polar surface area (TPSA) is 77.5 Å². The van der Waals surface area contributed by atoms with E-state index in [4.69, 9.17) is 9.47 Å². The standard InChI is InChI=1S/C23H24N2O4/c1-15-8-9-21(16(2)12-15)28-11-10-24-22(26)14-29-23(27)19-13-17(3)25-20-7-5-4-6-18(19)20/h4-9,12-13H,10-11,14H2,1-3H3,(H,24,26). The van der Waals surface area contributed by atoms with Crippen LogP contribution < -0.4 is 10.1 Å². The Morgan fingerprint density at radius 1 is 1.03 bits per heavy atom. The largest absolute Gasteiger partial charge is 0.491 e. The van der Waals surface area contributed by atoms with Crippen LogP contribution in [0.2, 0.25) is 0 Å². The van der Waals surface area contributed by atoms with E-state index in [1.807, 2.05) is 63.2 Å². The van der Waals surface area contributed by atoms with Gasteiger partial charge in [0.15, 0.2) is 6.61 Å². The lowest BCUT2D eigenvalue weighted by atomic mass is 10.1. The van der Waals surface area contributed by atoms with E-state index in [1.54, 1.807) is 6.07 Å². The van der Waals surface area contributed by atoms with Crippen LogP contribution in [-0.2, 0) is 9.53 Å². The van der Waals surface area contributed by atoms with Crippen LogP contribution in [0.25, 0.3) is 10.9 Å². The number of aromatic nitrogens is 1. The molecule has 1 heterocycles. The second-order valence-corrected chi connectivity index (χ2v) is 6.87. The van der Waals surface area contributed by atoms with E-state index in [2.05, 4.69) is 10.3 Å². The van der Waals surface area contributed by atoms with E-state index in [0.717, 1.165) is 11.3 Å². The molecule has 150 valence electrons. The summed E-state index contributed by atoms with van der Waals surface area (Å²) in [6.07, 6.45) is 0. The van der Waals surface area contributed by atoms with Crippen molar-refractivity contribution in [3.8, 4) is 5.75 Å². The summed E-state index contributed by atoms with van der Waals surface area (Å²) in [5, 5.41) is 3.39. The maximum absolute atomic E-state index is 12.4. The minimum atomic E-state index is -0.548. The van der Waals surface area contributed by atoms with E-state index < -0.39 is 5.97 Å². The van der Waals surface area contributed by atoms with Gasteiger partial charge in [-0.2, -0.15) is 0 Å². The Morgan fingerprint density at radius 3 is 2.62 bits per heavy atom. The summed E-state index contributed by atoms with van der Waals surface area (Å²) in [6.45, 7) is 6.11. The highest BCUT2D eigenvalue weighted by Crippen LogP contribution is 2.19. The summed E-state index contributed by atoms with van der Waals surface area (Å²) < 4.78 is 10.9. The average Bonchev–Trinajstić information content (AvgIpc) is 2.70. The number of nitrogens with zero attached hydrogens (tertiary/aromatic N) is 1. The predicted molar refractivity (Wildman–Crippen MR) is 111 cm³/mol. The van der Waals surface area contributed by atoms with E-state index in [1.165, 1.54) is 5.56 Å². The molecule has 0 unspecified atom stereocenters. The van der Waals surface area contributed by atoms with Gasteiger partial charge in [-0.25, -0.2) is 4.79 Å². The van der Waals surface area contributed by atoms with Crippen molar-refractivity contribution in [2.75, 3.05) is 19.8 Å². The summed E-state index contributed by atoms with van der Waals surface area (Å²) in [5.74, 6) is -0.137. The molecular formula is C23H24N2O4. The Morgan fingerprint density at radius 2 is 1.83 bits per heavy atom. The molecule has 0 fully saturated rings. The minimum Gasteiger partial charge on any atom is -0.491 e. The minimum absolute atomic E-state index is 0.320. The molecule has 1 amide bonds. The monoisotopic (exact) mass is 392 g/mol. The van der Waals surface area contributed by atoms with Gasteiger partial charge < -0.3 is 14.8 Å². The van der Waals surface area contributed by atoms with Crippen molar-refractivity contribution in [1.29, 1.82) is 0 Å². The fourth-order valence-corrected chi connectivity index (χ4v) is 3.05. The van der Waals surface area contributed by atoms with Crippen molar-refractivity contribution < 1.29 is 19.1 Å². The molecule has 0 atom stereocenters. The maximum Gasteiger partial charge on any atom is 0.339 e. The maximum atomic E-state index is 12.4. The van der Waals surface area contributed by atoms with Crippen molar-refractivity contribution in [2.24, 2.45) is 0 Å². The fourth-order valence-electron chi connectivity index (χ4n) is 3.05. The molecular weight excluding hydrogens is 368 g/mol. The summed E-state index contributed by atoms with van der Waals surface area (Å²) in [4.78, 5) is 28.8. The van der Waals surface area contributed by atoms with Gasteiger partial charge in [0.25, 0.3) is 5.91 Å². The molecule has 29 heavy (non-hydrogen) atoms. The van der Waals surface area contributed by atoms with Crippen molar-refractivity contribution in [3.63, 3.8) is 0 Å². The number of hydrogen-bond donors (Lipinski definition) is 1. The average molecular weight is 392 g/mol. The van der Waals surface area contributed by atoms with Crippen LogP contribution in [0.15, 0.2) is 48.5 Å². The lowest BCUT2D eigenvalue weighted by molar-refractivity contribution is -0.124. The normalized spacial score (nSPS) is 10.6. The zero-order valence-corrected chi connectivity index (χ0v) is 16.8. The smallest absolute Gasteiger partial charge is 0.339 e.